The van der Waals surface area contributed by atoms with Crippen molar-refractivity contribution in [2.75, 3.05) is 6.61 Å². The van der Waals surface area contributed by atoms with E-state index >= 15 is 0 Å². The fraction of sp³-hybridized carbons (Fsp3) is 0.833. The number of Topliss-reactive ketones (excluding diaryl/α,β-unsaturated/α-hetero) is 2. The van der Waals surface area contributed by atoms with Gasteiger partial charge in [-0.1, -0.05) is 20.8 Å². The summed E-state index contributed by atoms with van der Waals surface area (Å²) in [5, 5.41) is 9.74. The summed E-state index contributed by atoms with van der Waals surface area (Å²) in [7, 11) is 0. The van der Waals surface area contributed by atoms with E-state index in [1.165, 1.54) is 0 Å². The Morgan fingerprint density at radius 2 is 2.19 bits per heavy atom. The monoisotopic (exact) mass is 228 g/mol. The fourth-order valence-electron chi connectivity index (χ4n) is 1.77. The molecule has 0 aliphatic carbocycles. The lowest BCUT2D eigenvalue weighted by Crippen LogP contribution is -2.43. The first-order valence-electron chi connectivity index (χ1n) is 5.67. The highest BCUT2D eigenvalue weighted by molar-refractivity contribution is 6.07. The Bertz CT molecular complexity index is 277. The van der Waals surface area contributed by atoms with Crippen LogP contribution in [0.15, 0.2) is 0 Å². The summed E-state index contributed by atoms with van der Waals surface area (Å²) < 4.78 is 5.13. The molecule has 16 heavy (non-hydrogen) atoms. The molecule has 92 valence electrons. The summed E-state index contributed by atoms with van der Waals surface area (Å²) >= 11 is 0. The van der Waals surface area contributed by atoms with Gasteiger partial charge in [-0.15, -0.1) is 0 Å². The zero-order valence-electron chi connectivity index (χ0n) is 10.2. The third kappa shape index (κ3) is 3.68. The molecule has 0 aromatic rings. The van der Waals surface area contributed by atoms with Crippen LogP contribution in [0.4, 0.5) is 0 Å². The maximum Gasteiger partial charge on any atom is 0.197 e. The van der Waals surface area contributed by atoms with Crippen LogP contribution in [-0.4, -0.2) is 35.5 Å². The van der Waals surface area contributed by atoms with Crippen molar-refractivity contribution in [2.24, 2.45) is 5.41 Å². The molecule has 0 spiro atoms. The third-order valence-corrected chi connectivity index (χ3v) is 2.54. The van der Waals surface area contributed by atoms with Crippen molar-refractivity contribution in [3.8, 4) is 0 Å². The lowest BCUT2D eigenvalue weighted by atomic mass is 9.86. The van der Waals surface area contributed by atoms with Crippen LogP contribution in [-0.2, 0) is 14.3 Å². The van der Waals surface area contributed by atoms with Crippen molar-refractivity contribution in [1.82, 2.24) is 0 Å². The van der Waals surface area contributed by atoms with Gasteiger partial charge in [0.15, 0.2) is 17.7 Å². The van der Waals surface area contributed by atoms with E-state index in [0.29, 0.717) is 25.9 Å². The molecule has 1 rings (SSSR count). The molecule has 2 unspecified atom stereocenters. The van der Waals surface area contributed by atoms with Crippen LogP contribution in [0.1, 0.15) is 40.0 Å². The van der Waals surface area contributed by atoms with Crippen molar-refractivity contribution in [1.29, 1.82) is 0 Å². The van der Waals surface area contributed by atoms with Crippen LogP contribution in [0.2, 0.25) is 0 Å². The SMILES string of the molecule is CC(C)(C)CC(O)C(=O)C1OCCCC1=O. The second-order valence-electron chi connectivity index (χ2n) is 5.50. The number of ether oxygens (including phenoxy) is 1. The number of hydrogen-bond acceptors (Lipinski definition) is 4. The van der Waals surface area contributed by atoms with Crippen molar-refractivity contribution in [3.05, 3.63) is 0 Å². The molecule has 0 radical (unpaired) electrons. The average molecular weight is 228 g/mol. The molecule has 4 heteroatoms. The first kappa shape index (κ1) is 13.3. The van der Waals surface area contributed by atoms with E-state index in [1.807, 2.05) is 20.8 Å². The predicted octanol–water partition coefficient (Wildman–Crippen LogP) is 1.10. The van der Waals surface area contributed by atoms with Gasteiger partial charge in [-0.3, -0.25) is 9.59 Å². The van der Waals surface area contributed by atoms with E-state index in [2.05, 4.69) is 0 Å². The Morgan fingerprint density at radius 3 is 2.69 bits per heavy atom. The van der Waals surface area contributed by atoms with Crippen molar-refractivity contribution in [3.63, 3.8) is 0 Å². The van der Waals surface area contributed by atoms with Crippen molar-refractivity contribution in [2.45, 2.75) is 52.2 Å². The van der Waals surface area contributed by atoms with Gasteiger partial charge in [-0.25, -0.2) is 0 Å². The summed E-state index contributed by atoms with van der Waals surface area (Å²) in [4.78, 5) is 23.2. The molecule has 0 aromatic heterocycles. The number of hydrogen-bond donors (Lipinski definition) is 1. The zero-order valence-corrected chi connectivity index (χ0v) is 10.2. The summed E-state index contributed by atoms with van der Waals surface area (Å²) in [6.07, 6.45) is -0.756. The van der Waals surface area contributed by atoms with Crippen LogP contribution < -0.4 is 0 Å². The van der Waals surface area contributed by atoms with Gasteiger partial charge < -0.3 is 9.84 Å². The Hall–Kier alpha value is -0.740. The Morgan fingerprint density at radius 1 is 1.56 bits per heavy atom. The quantitative estimate of drug-likeness (QED) is 0.735. The third-order valence-electron chi connectivity index (χ3n) is 2.54. The Labute approximate surface area is 96.0 Å². The fourth-order valence-corrected chi connectivity index (χ4v) is 1.77. The van der Waals surface area contributed by atoms with Gasteiger partial charge in [0, 0.05) is 13.0 Å². The molecule has 1 N–H and O–H groups in total. The van der Waals surface area contributed by atoms with E-state index in [9.17, 15) is 14.7 Å². The summed E-state index contributed by atoms with van der Waals surface area (Å²) in [5.74, 6) is -0.691. The van der Waals surface area contributed by atoms with Gasteiger partial charge in [0.25, 0.3) is 0 Å². The first-order chi connectivity index (χ1) is 7.31. The lowest BCUT2D eigenvalue weighted by molar-refractivity contribution is -0.152. The highest BCUT2D eigenvalue weighted by atomic mass is 16.5. The highest BCUT2D eigenvalue weighted by Crippen LogP contribution is 2.23. The molecular formula is C12H20O4. The van der Waals surface area contributed by atoms with Gasteiger partial charge in [-0.2, -0.15) is 0 Å². The van der Waals surface area contributed by atoms with Crippen LogP contribution in [0.25, 0.3) is 0 Å². The highest BCUT2D eigenvalue weighted by Gasteiger charge is 2.35. The smallest absolute Gasteiger partial charge is 0.197 e. The van der Waals surface area contributed by atoms with E-state index in [0.717, 1.165) is 0 Å². The number of aliphatic hydroxyl groups excluding tert-OH is 1. The van der Waals surface area contributed by atoms with E-state index < -0.39 is 18.0 Å². The molecule has 1 fully saturated rings. The normalized spacial score (nSPS) is 24.2. The molecule has 0 bridgehead atoms. The molecule has 1 aliphatic heterocycles. The zero-order chi connectivity index (χ0) is 12.3. The van der Waals surface area contributed by atoms with Gasteiger partial charge in [0.05, 0.1) is 0 Å². The predicted molar refractivity (Wildman–Crippen MR) is 59.1 cm³/mol. The molecule has 4 nitrogen and oxygen atoms in total. The van der Waals surface area contributed by atoms with Crippen LogP contribution in [0.5, 0.6) is 0 Å². The molecule has 1 heterocycles. The molecule has 1 saturated heterocycles. The lowest BCUT2D eigenvalue weighted by Gasteiger charge is -2.26. The first-order valence-corrected chi connectivity index (χ1v) is 5.67. The molecule has 0 aromatic carbocycles. The number of rotatable bonds is 3. The van der Waals surface area contributed by atoms with E-state index in [1.54, 1.807) is 0 Å². The second-order valence-corrected chi connectivity index (χ2v) is 5.50. The van der Waals surface area contributed by atoms with Gasteiger partial charge in [0.1, 0.15) is 6.10 Å². The summed E-state index contributed by atoms with van der Waals surface area (Å²) in [6.45, 7) is 6.23. The standard InChI is InChI=1S/C12H20O4/c1-12(2,3)7-9(14)10(15)11-8(13)5-4-6-16-11/h9,11,14H,4-7H2,1-3H3. The summed E-state index contributed by atoms with van der Waals surface area (Å²) in [5.41, 5.74) is -0.146. The Kier molecular flexibility index (Phi) is 4.21. The summed E-state index contributed by atoms with van der Waals surface area (Å²) in [6, 6.07) is 0. The molecule has 0 saturated carbocycles. The minimum absolute atomic E-state index is 0.146. The topological polar surface area (TPSA) is 63.6 Å². The molecule has 1 aliphatic rings. The van der Waals surface area contributed by atoms with Crippen LogP contribution in [0.3, 0.4) is 0 Å². The minimum atomic E-state index is -1.10. The Balaban J connectivity index is 2.59. The molecule has 2 atom stereocenters. The number of ketones is 2. The molecule has 0 amide bonds. The molecular weight excluding hydrogens is 208 g/mol. The van der Waals surface area contributed by atoms with Gasteiger partial charge in [0.2, 0.25) is 0 Å². The van der Waals surface area contributed by atoms with Crippen molar-refractivity contribution >= 4 is 11.6 Å². The second kappa shape index (κ2) is 5.06. The van der Waals surface area contributed by atoms with Gasteiger partial charge >= 0.3 is 0 Å². The van der Waals surface area contributed by atoms with E-state index in [-0.39, 0.29) is 11.2 Å². The maximum absolute atomic E-state index is 11.8. The van der Waals surface area contributed by atoms with Crippen molar-refractivity contribution < 1.29 is 19.4 Å². The number of carbonyl (C=O) groups excluding carboxylic acids is 2. The minimum Gasteiger partial charge on any atom is -0.385 e. The van der Waals surface area contributed by atoms with Crippen LogP contribution >= 0.6 is 0 Å². The maximum atomic E-state index is 11.8. The average Bonchev–Trinajstić information content (AvgIpc) is 2.15. The van der Waals surface area contributed by atoms with Gasteiger partial charge in [-0.05, 0) is 18.3 Å². The number of carbonyl (C=O) groups is 2. The van der Waals surface area contributed by atoms with Crippen LogP contribution in [0, 0.1) is 5.41 Å². The number of aliphatic hydroxyl groups is 1. The largest absolute Gasteiger partial charge is 0.385 e. The van der Waals surface area contributed by atoms with E-state index in [4.69, 9.17) is 4.74 Å².